The molecule has 38 heavy (non-hydrogen) atoms. The van der Waals surface area contributed by atoms with Crippen molar-refractivity contribution in [2.45, 2.75) is 103 Å². The number of nitrogens with zero attached hydrogens (tertiary/aromatic N) is 4. The molecule has 3 heterocycles. The number of rotatable bonds is 2. The second kappa shape index (κ2) is 10.8. The Hall–Kier alpha value is -2.65. The summed E-state index contributed by atoms with van der Waals surface area (Å²) in [4.78, 5) is 23.0. The zero-order valence-electron chi connectivity index (χ0n) is 23.6. The van der Waals surface area contributed by atoms with Crippen molar-refractivity contribution in [3.63, 3.8) is 0 Å². The molecule has 2 aromatic heterocycles. The van der Waals surface area contributed by atoms with Crippen molar-refractivity contribution in [3.05, 3.63) is 30.2 Å². The summed E-state index contributed by atoms with van der Waals surface area (Å²) < 4.78 is 7.90. The number of carbonyl (C=O) groups is 1. The van der Waals surface area contributed by atoms with Crippen molar-refractivity contribution in [2.75, 3.05) is 18.8 Å². The van der Waals surface area contributed by atoms with Crippen molar-refractivity contribution in [1.82, 2.24) is 19.4 Å². The fourth-order valence-corrected chi connectivity index (χ4v) is 6.28. The average molecular weight is 528 g/mol. The smallest absolute Gasteiger partial charge is 0.410 e. The summed E-state index contributed by atoms with van der Waals surface area (Å²) >= 11 is 0. The summed E-state index contributed by atoms with van der Waals surface area (Å²) in [6, 6.07) is 2.51. The Kier molecular flexibility index (Phi) is 8.09. The minimum absolute atomic E-state index is 0.164. The molecule has 1 aliphatic heterocycles. The Labute approximate surface area is 226 Å². The van der Waals surface area contributed by atoms with Crippen molar-refractivity contribution >= 4 is 22.9 Å². The van der Waals surface area contributed by atoms with Gasteiger partial charge in [0, 0.05) is 25.3 Å². The van der Waals surface area contributed by atoms with E-state index in [1.54, 1.807) is 11.9 Å². The molecule has 9 nitrogen and oxygen atoms in total. The first-order valence-corrected chi connectivity index (χ1v) is 13.9. The van der Waals surface area contributed by atoms with E-state index in [4.69, 9.17) is 20.7 Å². The maximum Gasteiger partial charge on any atom is 0.410 e. The normalized spacial score (nSPS) is 24.6. The highest BCUT2D eigenvalue weighted by Crippen LogP contribution is 2.52. The number of piperidine rings is 1. The molecule has 0 aromatic carbocycles. The first kappa shape index (κ1) is 28.4. The van der Waals surface area contributed by atoms with Crippen LogP contribution in [-0.4, -0.2) is 60.2 Å². The monoisotopic (exact) mass is 527 g/mol. The van der Waals surface area contributed by atoms with Crippen molar-refractivity contribution in [1.29, 1.82) is 0 Å². The summed E-state index contributed by atoms with van der Waals surface area (Å²) in [7, 11) is 0. The standard InChI is InChI=1S/C26H37N5O2.C3H8O2/c1-25(2,3)33-24(32)30-13-10-26(11-14-30)9-4-5-19(26)15-18-6-7-20(16-18)31-12-8-21-22(27)28-17-29-23(21)31;1-3(2,4)5/h8,12,15,17-18,20H,4-7,9-11,13-14,16H2,1-3H3,(H2,27,28,29);4-5H,1-2H3/b19-15+;. The molecular weight excluding hydrogens is 482 g/mol. The first-order chi connectivity index (χ1) is 17.7. The lowest BCUT2D eigenvalue weighted by atomic mass is 9.73. The van der Waals surface area contributed by atoms with Crippen LogP contribution in [0.25, 0.3) is 11.0 Å². The molecule has 1 saturated heterocycles. The van der Waals surface area contributed by atoms with Crippen molar-refractivity contribution in [3.8, 4) is 0 Å². The molecule has 9 heteroatoms. The van der Waals surface area contributed by atoms with Gasteiger partial charge in [-0.05, 0) is 103 Å². The van der Waals surface area contributed by atoms with Gasteiger partial charge in [-0.3, -0.25) is 0 Å². The van der Waals surface area contributed by atoms with Gasteiger partial charge < -0.3 is 30.2 Å². The number of nitrogen functional groups attached to an aromatic ring is 1. The number of anilines is 1. The fraction of sp³-hybridized carbons (Fsp3) is 0.690. The quantitative estimate of drug-likeness (QED) is 0.362. The fourth-order valence-electron chi connectivity index (χ4n) is 6.28. The Bertz CT molecular complexity index is 1150. The number of ether oxygens (including phenoxy) is 1. The van der Waals surface area contributed by atoms with Crippen LogP contribution >= 0.6 is 0 Å². The van der Waals surface area contributed by atoms with Gasteiger partial charge in [0.1, 0.15) is 23.4 Å². The number of likely N-dealkylation sites (tertiary alicyclic amines) is 1. The van der Waals surface area contributed by atoms with E-state index in [0.29, 0.717) is 23.2 Å². The van der Waals surface area contributed by atoms with Crippen LogP contribution in [0.15, 0.2) is 30.2 Å². The van der Waals surface area contributed by atoms with E-state index in [0.717, 1.165) is 43.4 Å². The van der Waals surface area contributed by atoms with Crippen LogP contribution in [0, 0.1) is 11.3 Å². The second-order valence-corrected chi connectivity index (χ2v) is 12.7. The van der Waals surface area contributed by atoms with Gasteiger partial charge in [-0.15, -0.1) is 0 Å². The van der Waals surface area contributed by atoms with Crippen LogP contribution in [0.4, 0.5) is 10.6 Å². The lowest BCUT2D eigenvalue weighted by Gasteiger charge is -2.41. The molecule has 2 aromatic rings. The number of aliphatic hydroxyl groups is 2. The first-order valence-electron chi connectivity index (χ1n) is 13.9. The molecule has 4 N–H and O–H groups in total. The van der Waals surface area contributed by atoms with Gasteiger partial charge >= 0.3 is 6.09 Å². The zero-order chi connectivity index (χ0) is 27.7. The molecule has 2 aliphatic carbocycles. The topological polar surface area (TPSA) is 127 Å². The molecule has 0 bridgehead atoms. The number of hydrogen-bond donors (Lipinski definition) is 3. The van der Waals surface area contributed by atoms with Gasteiger partial charge in [-0.1, -0.05) is 11.6 Å². The lowest BCUT2D eigenvalue weighted by Crippen LogP contribution is -2.45. The van der Waals surface area contributed by atoms with Crippen LogP contribution < -0.4 is 5.73 Å². The SMILES string of the molecule is CC(C)(C)OC(=O)N1CCC2(CCC/C2=C\C2CCC(n3ccc4c(N)ncnc43)C2)CC1.CC(C)(O)O. The minimum atomic E-state index is -1.50. The third-order valence-electron chi connectivity index (χ3n) is 7.97. The number of hydrogen-bond acceptors (Lipinski definition) is 7. The van der Waals surface area contributed by atoms with E-state index in [1.807, 2.05) is 31.7 Å². The maximum atomic E-state index is 12.5. The number of carbonyl (C=O) groups excluding carboxylic acids is 1. The number of amides is 1. The molecule has 3 aliphatic rings. The maximum absolute atomic E-state index is 12.5. The highest BCUT2D eigenvalue weighted by molar-refractivity contribution is 5.86. The molecule has 5 rings (SSSR count). The average Bonchev–Trinajstić information content (AvgIpc) is 3.52. The molecule has 1 spiro atoms. The van der Waals surface area contributed by atoms with Crippen LogP contribution in [0.3, 0.4) is 0 Å². The molecular formula is C29H45N5O4. The minimum Gasteiger partial charge on any atom is -0.444 e. The van der Waals surface area contributed by atoms with Crippen molar-refractivity contribution in [2.24, 2.45) is 11.3 Å². The highest BCUT2D eigenvalue weighted by atomic mass is 16.6. The zero-order valence-corrected chi connectivity index (χ0v) is 23.6. The second-order valence-electron chi connectivity index (χ2n) is 12.7. The van der Waals surface area contributed by atoms with Crippen LogP contribution in [-0.2, 0) is 4.74 Å². The van der Waals surface area contributed by atoms with Gasteiger partial charge in [0.15, 0.2) is 5.79 Å². The Morgan fingerprint density at radius 3 is 2.47 bits per heavy atom. The summed E-state index contributed by atoms with van der Waals surface area (Å²) in [6.45, 7) is 10.00. The molecule has 1 amide bonds. The summed E-state index contributed by atoms with van der Waals surface area (Å²) in [5.74, 6) is -0.332. The van der Waals surface area contributed by atoms with Gasteiger partial charge in [0.2, 0.25) is 0 Å². The summed E-state index contributed by atoms with van der Waals surface area (Å²) in [6.07, 6.45) is 15.5. The number of aromatic nitrogens is 3. The van der Waals surface area contributed by atoms with Gasteiger partial charge in [-0.25, -0.2) is 14.8 Å². The van der Waals surface area contributed by atoms with Crippen LogP contribution in [0.1, 0.15) is 92.0 Å². The van der Waals surface area contributed by atoms with E-state index >= 15 is 0 Å². The molecule has 2 atom stereocenters. The van der Waals surface area contributed by atoms with Gasteiger partial charge in [0.25, 0.3) is 0 Å². The lowest BCUT2D eigenvalue weighted by molar-refractivity contribution is -0.127. The Balaban J connectivity index is 0.000000617. The third kappa shape index (κ3) is 6.86. The van der Waals surface area contributed by atoms with E-state index < -0.39 is 11.4 Å². The molecule has 2 saturated carbocycles. The molecule has 210 valence electrons. The molecule has 2 unspecified atom stereocenters. The predicted octanol–water partition coefficient (Wildman–Crippen LogP) is 5.19. The molecule has 3 fully saturated rings. The van der Waals surface area contributed by atoms with E-state index in [-0.39, 0.29) is 6.09 Å². The van der Waals surface area contributed by atoms with E-state index in [9.17, 15) is 4.79 Å². The summed E-state index contributed by atoms with van der Waals surface area (Å²) in [5.41, 5.74) is 8.49. The van der Waals surface area contributed by atoms with Gasteiger partial charge in [0.05, 0.1) is 5.39 Å². The van der Waals surface area contributed by atoms with E-state index in [2.05, 4.69) is 26.8 Å². The van der Waals surface area contributed by atoms with Gasteiger partial charge in [-0.2, -0.15) is 0 Å². The predicted molar refractivity (Wildman–Crippen MR) is 148 cm³/mol. The Morgan fingerprint density at radius 1 is 1.13 bits per heavy atom. The number of fused-ring (bicyclic) bond motifs is 1. The number of allylic oxidation sites excluding steroid dienone is 2. The highest BCUT2D eigenvalue weighted by Gasteiger charge is 2.43. The Morgan fingerprint density at radius 2 is 1.82 bits per heavy atom. The summed E-state index contributed by atoms with van der Waals surface area (Å²) in [5, 5.41) is 17.1. The van der Waals surface area contributed by atoms with Crippen LogP contribution in [0.2, 0.25) is 0 Å². The third-order valence-corrected chi connectivity index (χ3v) is 7.97. The number of nitrogens with two attached hydrogens (primary N) is 1. The largest absolute Gasteiger partial charge is 0.444 e. The van der Waals surface area contributed by atoms with Crippen LogP contribution in [0.5, 0.6) is 0 Å². The van der Waals surface area contributed by atoms with E-state index in [1.165, 1.54) is 46.0 Å². The van der Waals surface area contributed by atoms with Crippen molar-refractivity contribution < 1.29 is 19.7 Å². The molecule has 0 radical (unpaired) electrons.